The lowest BCUT2D eigenvalue weighted by molar-refractivity contribution is -0.383. The molecule has 0 saturated heterocycles. The molecule has 1 aromatic heterocycles. The molecule has 3 N–H and O–H groups in total. The molecule has 132 valence electrons. The van der Waals surface area contributed by atoms with Gasteiger partial charge in [0.1, 0.15) is 10.7 Å². The summed E-state index contributed by atoms with van der Waals surface area (Å²) in [6.07, 6.45) is 0.550. The molecule has 0 fully saturated rings. The molecule has 0 aliphatic rings. The zero-order valence-electron chi connectivity index (χ0n) is 13.7. The number of para-hydroxylation sites is 2. The molecule has 0 saturated carbocycles. The summed E-state index contributed by atoms with van der Waals surface area (Å²) >= 11 is 1.20. The minimum Gasteiger partial charge on any atom is -0.478 e. The van der Waals surface area contributed by atoms with Crippen LogP contribution in [0.2, 0.25) is 0 Å². The van der Waals surface area contributed by atoms with Gasteiger partial charge in [0.25, 0.3) is 5.69 Å². The van der Waals surface area contributed by atoms with Crippen molar-refractivity contribution in [3.05, 3.63) is 50.4 Å². The number of hydrogen-bond donors (Lipinski definition) is 3. The van der Waals surface area contributed by atoms with Crippen molar-refractivity contribution in [3.8, 4) is 0 Å². The number of aryl methyl sites for hydroxylation is 1. The molecular weight excluding hydrogens is 346 g/mol. The quantitative estimate of drug-likeness (QED) is 0.513. The largest absolute Gasteiger partial charge is 0.478 e. The SMILES string of the molecule is CCc1c(C)sc(NC(=O)CNc2ccccc2[N+](=O)[O-])c1C(=O)O. The van der Waals surface area contributed by atoms with Gasteiger partial charge in [-0.05, 0) is 25.0 Å². The van der Waals surface area contributed by atoms with Crippen LogP contribution in [0.25, 0.3) is 0 Å². The topological polar surface area (TPSA) is 122 Å². The third-order valence-electron chi connectivity index (χ3n) is 3.57. The Bertz CT molecular complexity index is 831. The van der Waals surface area contributed by atoms with Crippen molar-refractivity contribution in [2.24, 2.45) is 0 Å². The van der Waals surface area contributed by atoms with E-state index >= 15 is 0 Å². The Morgan fingerprint density at radius 2 is 2.00 bits per heavy atom. The maximum absolute atomic E-state index is 12.1. The first-order valence-corrected chi connectivity index (χ1v) is 8.29. The Morgan fingerprint density at radius 3 is 2.60 bits per heavy atom. The lowest BCUT2D eigenvalue weighted by atomic mass is 10.1. The highest BCUT2D eigenvalue weighted by Gasteiger charge is 2.22. The number of carbonyl (C=O) groups is 2. The predicted octanol–water partition coefficient (Wildman–Crippen LogP) is 3.28. The average molecular weight is 363 g/mol. The summed E-state index contributed by atoms with van der Waals surface area (Å²) in [5.74, 6) is -1.58. The van der Waals surface area contributed by atoms with Crippen molar-refractivity contribution in [1.29, 1.82) is 0 Å². The Kier molecular flexibility index (Phi) is 5.71. The lowest BCUT2D eigenvalue weighted by Gasteiger charge is -2.08. The van der Waals surface area contributed by atoms with Crippen LogP contribution in [0.1, 0.15) is 27.7 Å². The second-order valence-corrected chi connectivity index (χ2v) is 6.40. The van der Waals surface area contributed by atoms with Crippen LogP contribution in [-0.4, -0.2) is 28.5 Å². The third kappa shape index (κ3) is 4.13. The van der Waals surface area contributed by atoms with Crippen LogP contribution in [0.3, 0.4) is 0 Å². The fourth-order valence-corrected chi connectivity index (χ4v) is 3.60. The van der Waals surface area contributed by atoms with Crippen molar-refractivity contribution in [2.75, 3.05) is 17.2 Å². The first kappa shape index (κ1) is 18.4. The molecule has 25 heavy (non-hydrogen) atoms. The summed E-state index contributed by atoms with van der Waals surface area (Å²) in [4.78, 5) is 34.8. The standard InChI is InChI=1S/C16H17N3O5S/c1-3-10-9(2)25-15(14(10)16(21)22)18-13(20)8-17-11-6-4-5-7-12(11)19(23)24/h4-7,17H,3,8H2,1-2H3,(H,18,20)(H,21,22). The van der Waals surface area contributed by atoms with Crippen molar-refractivity contribution in [2.45, 2.75) is 20.3 Å². The first-order valence-electron chi connectivity index (χ1n) is 7.47. The number of amides is 1. The zero-order valence-corrected chi connectivity index (χ0v) is 14.5. The van der Waals surface area contributed by atoms with Gasteiger partial charge >= 0.3 is 5.97 Å². The van der Waals surface area contributed by atoms with Gasteiger partial charge in [-0.2, -0.15) is 0 Å². The number of thiophene rings is 1. The summed E-state index contributed by atoms with van der Waals surface area (Å²) < 4.78 is 0. The highest BCUT2D eigenvalue weighted by atomic mass is 32.1. The fourth-order valence-electron chi connectivity index (χ4n) is 2.45. The van der Waals surface area contributed by atoms with E-state index in [0.717, 1.165) is 4.88 Å². The predicted molar refractivity (Wildman–Crippen MR) is 95.6 cm³/mol. The van der Waals surface area contributed by atoms with Gasteiger partial charge < -0.3 is 15.7 Å². The van der Waals surface area contributed by atoms with Gasteiger partial charge in [0.05, 0.1) is 17.0 Å². The first-order chi connectivity index (χ1) is 11.8. The molecule has 0 spiro atoms. The van der Waals surface area contributed by atoms with E-state index < -0.39 is 16.8 Å². The Balaban J connectivity index is 2.12. The van der Waals surface area contributed by atoms with E-state index in [-0.39, 0.29) is 28.5 Å². The van der Waals surface area contributed by atoms with E-state index in [9.17, 15) is 24.8 Å². The molecule has 1 aromatic carbocycles. The van der Waals surface area contributed by atoms with Crippen molar-refractivity contribution >= 4 is 39.6 Å². The van der Waals surface area contributed by atoms with Crippen molar-refractivity contribution in [1.82, 2.24) is 0 Å². The number of nitrogens with zero attached hydrogens (tertiary/aromatic N) is 1. The van der Waals surface area contributed by atoms with E-state index in [4.69, 9.17) is 0 Å². The van der Waals surface area contributed by atoms with Gasteiger partial charge in [0, 0.05) is 10.9 Å². The number of hydrogen-bond acceptors (Lipinski definition) is 6. The molecule has 0 aliphatic carbocycles. The molecule has 0 unspecified atom stereocenters. The monoisotopic (exact) mass is 363 g/mol. The summed E-state index contributed by atoms with van der Waals surface area (Å²) in [6.45, 7) is 3.43. The maximum atomic E-state index is 12.1. The molecule has 2 aromatic rings. The van der Waals surface area contributed by atoms with Crippen LogP contribution in [0, 0.1) is 17.0 Å². The zero-order chi connectivity index (χ0) is 18.6. The highest BCUT2D eigenvalue weighted by Crippen LogP contribution is 2.33. The summed E-state index contributed by atoms with van der Waals surface area (Å²) in [5, 5.41) is 25.9. The number of aromatic carboxylic acids is 1. The van der Waals surface area contributed by atoms with Crippen LogP contribution in [-0.2, 0) is 11.2 Å². The van der Waals surface area contributed by atoms with Gasteiger partial charge in [0.15, 0.2) is 0 Å². The van der Waals surface area contributed by atoms with Crippen molar-refractivity contribution < 1.29 is 19.6 Å². The molecule has 0 atom stereocenters. The Morgan fingerprint density at radius 1 is 1.32 bits per heavy atom. The minimum absolute atomic E-state index is 0.101. The Hall–Kier alpha value is -2.94. The van der Waals surface area contributed by atoms with E-state index in [1.807, 2.05) is 6.92 Å². The lowest BCUT2D eigenvalue weighted by Crippen LogP contribution is -2.22. The molecule has 8 nitrogen and oxygen atoms in total. The molecule has 0 aliphatic heterocycles. The number of anilines is 2. The van der Waals surface area contributed by atoms with Crippen molar-refractivity contribution in [3.63, 3.8) is 0 Å². The van der Waals surface area contributed by atoms with Gasteiger partial charge in [-0.1, -0.05) is 19.1 Å². The minimum atomic E-state index is -1.09. The third-order valence-corrected chi connectivity index (χ3v) is 4.63. The Labute approximate surface area is 147 Å². The van der Waals surface area contributed by atoms with Crippen LogP contribution >= 0.6 is 11.3 Å². The van der Waals surface area contributed by atoms with E-state index in [1.54, 1.807) is 13.0 Å². The van der Waals surface area contributed by atoms with Gasteiger partial charge in [-0.25, -0.2) is 4.79 Å². The smallest absolute Gasteiger partial charge is 0.339 e. The maximum Gasteiger partial charge on any atom is 0.339 e. The summed E-state index contributed by atoms with van der Waals surface area (Å²) in [7, 11) is 0. The van der Waals surface area contributed by atoms with E-state index in [1.165, 1.54) is 29.5 Å². The number of carboxylic acid groups (broad SMARTS) is 1. The van der Waals surface area contributed by atoms with Gasteiger partial charge in [-0.15, -0.1) is 11.3 Å². The second-order valence-electron chi connectivity index (χ2n) is 5.18. The molecule has 1 heterocycles. The molecule has 1 amide bonds. The van der Waals surface area contributed by atoms with Crippen LogP contribution in [0.15, 0.2) is 24.3 Å². The normalized spacial score (nSPS) is 10.3. The molecule has 0 bridgehead atoms. The number of rotatable bonds is 7. The van der Waals surface area contributed by atoms with Crippen LogP contribution < -0.4 is 10.6 Å². The molecular formula is C16H17N3O5S. The summed E-state index contributed by atoms with van der Waals surface area (Å²) in [5.41, 5.74) is 0.878. The van der Waals surface area contributed by atoms with Gasteiger partial charge in [0.2, 0.25) is 5.91 Å². The van der Waals surface area contributed by atoms with E-state index in [0.29, 0.717) is 12.0 Å². The molecule has 0 radical (unpaired) electrons. The number of nitrogens with one attached hydrogen (secondary N) is 2. The molecule has 2 rings (SSSR count). The number of nitro groups is 1. The second kappa shape index (κ2) is 7.75. The van der Waals surface area contributed by atoms with Crippen LogP contribution in [0.4, 0.5) is 16.4 Å². The number of carbonyl (C=O) groups excluding carboxylic acids is 1. The molecule has 9 heteroatoms. The highest BCUT2D eigenvalue weighted by molar-refractivity contribution is 7.16. The summed E-state index contributed by atoms with van der Waals surface area (Å²) in [6, 6.07) is 5.98. The van der Waals surface area contributed by atoms with Gasteiger partial charge in [-0.3, -0.25) is 14.9 Å². The number of nitro benzene ring substituents is 1. The van der Waals surface area contributed by atoms with E-state index in [2.05, 4.69) is 10.6 Å². The fraction of sp³-hybridized carbons (Fsp3) is 0.250. The van der Waals surface area contributed by atoms with Crippen LogP contribution in [0.5, 0.6) is 0 Å². The average Bonchev–Trinajstić information content (AvgIpc) is 2.88. The number of benzene rings is 1. The number of carboxylic acids is 1.